The lowest BCUT2D eigenvalue weighted by Crippen LogP contribution is -2.52. The normalized spacial score (nSPS) is 22.1. The van der Waals surface area contributed by atoms with E-state index in [4.69, 9.17) is 4.74 Å². The topological polar surface area (TPSA) is 67.4 Å². The van der Waals surface area contributed by atoms with Crippen molar-refractivity contribution >= 4 is 11.8 Å². The highest BCUT2D eigenvalue weighted by Crippen LogP contribution is 2.26. The van der Waals surface area contributed by atoms with Crippen molar-refractivity contribution in [1.29, 1.82) is 0 Å². The molecule has 1 aliphatic carbocycles. The van der Waals surface area contributed by atoms with Crippen molar-refractivity contribution in [2.45, 2.75) is 32.1 Å². The lowest BCUT2D eigenvalue weighted by Gasteiger charge is -2.31. The maximum atomic E-state index is 12.0. The summed E-state index contributed by atoms with van der Waals surface area (Å²) in [6, 6.07) is 9.37. The third-order valence-electron chi connectivity index (χ3n) is 3.50. The fraction of sp³-hybridized carbons (Fsp3) is 0.333. The van der Waals surface area contributed by atoms with E-state index in [0.717, 1.165) is 18.4 Å². The molecule has 1 heterocycles. The Morgan fingerprint density at radius 3 is 2.75 bits per heavy atom. The molecule has 2 N–H and O–H groups in total. The number of hydrogen-bond donors (Lipinski definition) is 2. The van der Waals surface area contributed by atoms with E-state index in [1.807, 2.05) is 30.3 Å². The lowest BCUT2D eigenvalue weighted by atomic mass is 9.92. The maximum Gasteiger partial charge on any atom is 0.321 e. The summed E-state index contributed by atoms with van der Waals surface area (Å²) < 4.78 is 5.73. The quantitative estimate of drug-likeness (QED) is 0.882. The Balaban J connectivity index is 1.77. The summed E-state index contributed by atoms with van der Waals surface area (Å²) in [5.74, 6) is 0.0526. The van der Waals surface area contributed by atoms with E-state index in [-0.39, 0.29) is 11.8 Å². The van der Waals surface area contributed by atoms with Gasteiger partial charge < -0.3 is 15.4 Å². The molecule has 1 atom stereocenters. The predicted molar refractivity (Wildman–Crippen MR) is 72.6 cm³/mol. The molecule has 20 heavy (non-hydrogen) atoms. The third-order valence-corrected chi connectivity index (χ3v) is 3.50. The summed E-state index contributed by atoms with van der Waals surface area (Å²) in [5.41, 5.74) is 2.29. The zero-order valence-electron chi connectivity index (χ0n) is 11.0. The minimum absolute atomic E-state index is 0.0526. The molecule has 2 amide bonds. The first kappa shape index (κ1) is 12.9. The molecule has 0 radical (unpaired) electrons. The van der Waals surface area contributed by atoms with Gasteiger partial charge in [0.2, 0.25) is 0 Å². The van der Waals surface area contributed by atoms with Gasteiger partial charge in [0, 0.05) is 12.1 Å². The van der Waals surface area contributed by atoms with Gasteiger partial charge in [-0.15, -0.1) is 0 Å². The Kier molecular flexibility index (Phi) is 3.52. The van der Waals surface area contributed by atoms with Gasteiger partial charge in [0.05, 0.1) is 12.2 Å². The smallest absolute Gasteiger partial charge is 0.321 e. The molecule has 1 aliphatic heterocycles. The van der Waals surface area contributed by atoms with Crippen LogP contribution in [0.2, 0.25) is 0 Å². The molecule has 5 nitrogen and oxygen atoms in total. The summed E-state index contributed by atoms with van der Waals surface area (Å²) in [7, 11) is 0. The number of allylic oxidation sites excluding steroid dienone is 1. The van der Waals surface area contributed by atoms with Crippen LogP contribution in [-0.2, 0) is 16.1 Å². The summed E-state index contributed by atoms with van der Waals surface area (Å²) in [4.78, 5) is 23.6. The minimum Gasteiger partial charge on any atom is -0.349 e. The number of urea groups is 1. The molecule has 2 aliphatic rings. The molecular formula is C15H16N2O3. The Bertz CT molecular complexity index is 566. The van der Waals surface area contributed by atoms with E-state index in [1.54, 1.807) is 0 Å². The molecule has 0 saturated carbocycles. The molecule has 0 fully saturated rings. The van der Waals surface area contributed by atoms with E-state index in [9.17, 15) is 9.59 Å². The maximum absolute atomic E-state index is 12.0. The lowest BCUT2D eigenvalue weighted by molar-refractivity contribution is -0.118. The van der Waals surface area contributed by atoms with Crippen LogP contribution in [0.25, 0.3) is 0 Å². The van der Waals surface area contributed by atoms with Gasteiger partial charge in [-0.1, -0.05) is 30.3 Å². The number of Topliss-reactive ketones (excluding diaryl/α,β-unsaturated/α-hetero) is 1. The second-order valence-electron chi connectivity index (χ2n) is 4.94. The average Bonchev–Trinajstić information content (AvgIpc) is 2.45. The van der Waals surface area contributed by atoms with Gasteiger partial charge in [0.1, 0.15) is 0 Å². The van der Waals surface area contributed by atoms with Crippen molar-refractivity contribution in [1.82, 2.24) is 10.6 Å². The highest BCUT2D eigenvalue weighted by atomic mass is 16.5. The first-order valence-corrected chi connectivity index (χ1v) is 6.73. The molecule has 104 valence electrons. The Morgan fingerprint density at radius 1 is 1.15 bits per heavy atom. The fourth-order valence-electron chi connectivity index (χ4n) is 2.54. The van der Waals surface area contributed by atoms with Crippen LogP contribution in [0, 0.1) is 0 Å². The van der Waals surface area contributed by atoms with E-state index in [2.05, 4.69) is 10.6 Å². The summed E-state index contributed by atoms with van der Waals surface area (Å²) in [6.45, 7) is 0.357. The van der Waals surface area contributed by atoms with Crippen LogP contribution in [0.3, 0.4) is 0 Å². The Morgan fingerprint density at radius 2 is 1.95 bits per heavy atom. The molecule has 3 rings (SSSR count). The van der Waals surface area contributed by atoms with Crippen LogP contribution in [0.4, 0.5) is 4.79 Å². The van der Waals surface area contributed by atoms with E-state index >= 15 is 0 Å². The average molecular weight is 272 g/mol. The van der Waals surface area contributed by atoms with Crippen LogP contribution in [-0.4, -0.2) is 18.0 Å². The van der Waals surface area contributed by atoms with Crippen molar-refractivity contribution in [3.8, 4) is 0 Å². The summed E-state index contributed by atoms with van der Waals surface area (Å²) >= 11 is 0. The van der Waals surface area contributed by atoms with Crippen molar-refractivity contribution in [2.24, 2.45) is 0 Å². The number of rotatable bonds is 3. The van der Waals surface area contributed by atoms with Crippen LogP contribution in [0.5, 0.6) is 0 Å². The molecule has 0 aromatic heterocycles. The SMILES string of the molecule is O=C1NC2=C(C(=O)CCC2)[C@@H](OCc2ccccc2)N1. The number of nitrogens with one attached hydrogen (secondary N) is 2. The molecule has 0 unspecified atom stereocenters. The first-order chi connectivity index (χ1) is 9.74. The molecular weight excluding hydrogens is 256 g/mol. The Labute approximate surface area is 117 Å². The predicted octanol–water partition coefficient (Wildman–Crippen LogP) is 1.85. The van der Waals surface area contributed by atoms with Crippen molar-refractivity contribution in [2.75, 3.05) is 0 Å². The van der Waals surface area contributed by atoms with Gasteiger partial charge in [-0.25, -0.2) is 4.79 Å². The molecule has 0 spiro atoms. The van der Waals surface area contributed by atoms with Crippen LogP contribution >= 0.6 is 0 Å². The van der Waals surface area contributed by atoms with Crippen LogP contribution < -0.4 is 10.6 Å². The second kappa shape index (κ2) is 5.46. The van der Waals surface area contributed by atoms with Gasteiger partial charge in [-0.3, -0.25) is 4.79 Å². The second-order valence-corrected chi connectivity index (χ2v) is 4.94. The number of ketones is 1. The summed E-state index contributed by atoms with van der Waals surface area (Å²) in [5, 5.41) is 5.37. The number of hydrogen-bond acceptors (Lipinski definition) is 3. The van der Waals surface area contributed by atoms with Crippen molar-refractivity contribution in [3.05, 3.63) is 47.2 Å². The number of carbonyl (C=O) groups excluding carboxylic acids is 2. The third kappa shape index (κ3) is 2.58. The van der Waals surface area contributed by atoms with Crippen LogP contribution in [0.15, 0.2) is 41.6 Å². The van der Waals surface area contributed by atoms with Crippen molar-refractivity contribution < 1.29 is 14.3 Å². The number of benzene rings is 1. The highest BCUT2D eigenvalue weighted by Gasteiger charge is 2.33. The Hall–Kier alpha value is -2.14. The molecule has 5 heteroatoms. The molecule has 1 aromatic carbocycles. The van der Waals surface area contributed by atoms with Gasteiger partial charge >= 0.3 is 6.03 Å². The zero-order chi connectivity index (χ0) is 13.9. The van der Waals surface area contributed by atoms with Crippen LogP contribution in [0.1, 0.15) is 24.8 Å². The largest absolute Gasteiger partial charge is 0.349 e. The first-order valence-electron chi connectivity index (χ1n) is 6.73. The van der Waals surface area contributed by atoms with Gasteiger partial charge in [0.25, 0.3) is 0 Å². The fourth-order valence-corrected chi connectivity index (χ4v) is 2.54. The number of carbonyl (C=O) groups is 2. The molecule has 1 aromatic rings. The van der Waals surface area contributed by atoms with E-state index < -0.39 is 6.23 Å². The standard InChI is InChI=1S/C15H16N2O3/c18-12-8-4-7-11-13(12)14(17-15(19)16-11)20-9-10-5-2-1-3-6-10/h1-3,5-6,14H,4,7-9H2,(H2,16,17,19)/t14-/m1/s1. The zero-order valence-corrected chi connectivity index (χ0v) is 11.0. The molecule has 0 saturated heterocycles. The van der Waals surface area contributed by atoms with Gasteiger partial charge in [-0.05, 0) is 18.4 Å². The van der Waals surface area contributed by atoms with Gasteiger partial charge in [-0.2, -0.15) is 0 Å². The van der Waals surface area contributed by atoms with E-state index in [0.29, 0.717) is 24.3 Å². The summed E-state index contributed by atoms with van der Waals surface area (Å²) in [6.07, 6.45) is 1.37. The monoisotopic (exact) mass is 272 g/mol. The highest BCUT2D eigenvalue weighted by molar-refractivity contribution is 6.00. The number of amides is 2. The van der Waals surface area contributed by atoms with E-state index in [1.165, 1.54) is 0 Å². The molecule has 0 bridgehead atoms. The minimum atomic E-state index is -0.647. The van der Waals surface area contributed by atoms with Crippen molar-refractivity contribution in [3.63, 3.8) is 0 Å². The number of ether oxygens (including phenoxy) is 1. The van der Waals surface area contributed by atoms with Gasteiger partial charge in [0.15, 0.2) is 12.0 Å².